The van der Waals surface area contributed by atoms with Crippen LogP contribution in [0.25, 0.3) is 10.9 Å². The van der Waals surface area contributed by atoms with Crippen LogP contribution in [0.4, 0.5) is 5.69 Å². The number of nitrogen functional groups attached to an aromatic ring is 1. The molecular formula is C10H9BrN2. The van der Waals surface area contributed by atoms with Crippen LogP contribution >= 0.6 is 15.9 Å². The molecule has 0 radical (unpaired) electrons. The van der Waals surface area contributed by atoms with Crippen molar-refractivity contribution >= 4 is 32.5 Å². The Hall–Kier alpha value is -1.09. The highest BCUT2D eigenvalue weighted by molar-refractivity contribution is 9.10. The van der Waals surface area contributed by atoms with Crippen LogP contribution in [0, 0.1) is 6.92 Å². The Bertz CT molecular complexity index is 466. The lowest BCUT2D eigenvalue weighted by atomic mass is 10.1. The van der Waals surface area contributed by atoms with E-state index in [0.29, 0.717) is 5.69 Å². The zero-order valence-corrected chi connectivity index (χ0v) is 8.80. The lowest BCUT2D eigenvalue weighted by Gasteiger charge is -2.03. The van der Waals surface area contributed by atoms with Gasteiger partial charge < -0.3 is 5.73 Å². The molecule has 2 aromatic rings. The number of rotatable bonds is 0. The van der Waals surface area contributed by atoms with Crippen molar-refractivity contribution in [3.05, 3.63) is 34.4 Å². The number of nitrogens with zero attached hydrogens (tertiary/aromatic N) is 1. The molecular weight excluding hydrogens is 228 g/mol. The lowest BCUT2D eigenvalue weighted by molar-refractivity contribution is 1.35. The number of pyridine rings is 1. The molecule has 2 nitrogen and oxygen atoms in total. The van der Waals surface area contributed by atoms with Crippen LogP contribution in [0.3, 0.4) is 0 Å². The fourth-order valence-corrected chi connectivity index (χ4v) is 1.66. The number of benzene rings is 1. The lowest BCUT2D eigenvalue weighted by Crippen LogP contribution is -1.89. The molecule has 0 fully saturated rings. The second-order valence-electron chi connectivity index (χ2n) is 3.01. The first-order chi connectivity index (χ1) is 6.18. The summed E-state index contributed by atoms with van der Waals surface area (Å²) in [5.41, 5.74) is 8.49. The number of anilines is 1. The molecule has 1 aromatic carbocycles. The van der Waals surface area contributed by atoms with Gasteiger partial charge >= 0.3 is 0 Å². The summed E-state index contributed by atoms with van der Waals surface area (Å²) in [7, 11) is 0. The van der Waals surface area contributed by atoms with Crippen molar-refractivity contribution in [1.29, 1.82) is 0 Å². The van der Waals surface area contributed by atoms with Gasteiger partial charge in [-0.05, 0) is 24.6 Å². The Morgan fingerprint density at radius 3 is 2.92 bits per heavy atom. The summed E-state index contributed by atoms with van der Waals surface area (Å²) in [5, 5.41) is 1.08. The summed E-state index contributed by atoms with van der Waals surface area (Å²) in [4.78, 5) is 4.29. The van der Waals surface area contributed by atoms with Gasteiger partial charge in [0.2, 0.25) is 0 Å². The highest BCUT2D eigenvalue weighted by atomic mass is 79.9. The van der Waals surface area contributed by atoms with Crippen molar-refractivity contribution in [1.82, 2.24) is 4.98 Å². The first-order valence-corrected chi connectivity index (χ1v) is 4.78. The zero-order chi connectivity index (χ0) is 9.42. The molecule has 0 aliphatic carbocycles. The van der Waals surface area contributed by atoms with Crippen LogP contribution in [0.15, 0.2) is 28.9 Å². The maximum atomic E-state index is 5.64. The first kappa shape index (κ1) is 8.51. The summed E-state index contributed by atoms with van der Waals surface area (Å²) in [5.74, 6) is 0. The van der Waals surface area contributed by atoms with Gasteiger partial charge in [0.15, 0.2) is 0 Å². The van der Waals surface area contributed by atoms with Crippen LogP contribution in [-0.2, 0) is 0 Å². The van der Waals surface area contributed by atoms with Crippen LogP contribution < -0.4 is 5.73 Å². The van der Waals surface area contributed by atoms with E-state index in [9.17, 15) is 0 Å². The number of hydrogen-bond acceptors (Lipinski definition) is 2. The van der Waals surface area contributed by atoms with E-state index in [1.165, 1.54) is 0 Å². The van der Waals surface area contributed by atoms with Gasteiger partial charge in [-0.3, -0.25) is 4.98 Å². The van der Waals surface area contributed by atoms with E-state index in [0.717, 1.165) is 20.9 Å². The average molecular weight is 237 g/mol. The van der Waals surface area contributed by atoms with Crippen molar-refractivity contribution in [3.63, 3.8) is 0 Å². The molecule has 0 bridgehead atoms. The summed E-state index contributed by atoms with van der Waals surface area (Å²) in [6, 6.07) is 5.95. The van der Waals surface area contributed by atoms with Gasteiger partial charge in [-0.25, -0.2) is 0 Å². The summed E-state index contributed by atoms with van der Waals surface area (Å²) in [6.45, 7) is 2.04. The molecule has 66 valence electrons. The number of halogens is 1. The predicted octanol–water partition coefficient (Wildman–Crippen LogP) is 2.89. The van der Waals surface area contributed by atoms with Gasteiger partial charge in [-0.15, -0.1) is 0 Å². The van der Waals surface area contributed by atoms with Crippen molar-refractivity contribution < 1.29 is 0 Å². The van der Waals surface area contributed by atoms with E-state index in [4.69, 9.17) is 5.73 Å². The number of fused-ring (bicyclic) bond motifs is 1. The minimum atomic E-state index is 0.703. The first-order valence-electron chi connectivity index (χ1n) is 3.99. The predicted molar refractivity (Wildman–Crippen MR) is 58.6 cm³/mol. The van der Waals surface area contributed by atoms with E-state index >= 15 is 0 Å². The minimum Gasteiger partial charge on any atom is -0.397 e. The van der Waals surface area contributed by atoms with Gasteiger partial charge in [-0.1, -0.05) is 22.0 Å². The van der Waals surface area contributed by atoms with E-state index in [-0.39, 0.29) is 0 Å². The Labute approximate surface area is 84.9 Å². The second kappa shape index (κ2) is 3.00. The van der Waals surface area contributed by atoms with Crippen molar-refractivity contribution in [2.75, 3.05) is 5.73 Å². The molecule has 0 saturated carbocycles. The Balaban J connectivity index is 2.87. The third-order valence-corrected chi connectivity index (χ3v) is 2.92. The molecule has 0 atom stereocenters. The van der Waals surface area contributed by atoms with Crippen molar-refractivity contribution in [3.8, 4) is 0 Å². The summed E-state index contributed by atoms with van der Waals surface area (Å²) in [6.07, 6.45) is 1.68. The van der Waals surface area contributed by atoms with E-state index in [1.54, 1.807) is 6.20 Å². The fraction of sp³-hybridized carbons (Fsp3) is 0.100. The monoisotopic (exact) mass is 236 g/mol. The number of aryl methyl sites for hydroxylation is 1. The molecule has 2 N–H and O–H groups in total. The van der Waals surface area contributed by atoms with Crippen molar-refractivity contribution in [2.45, 2.75) is 6.92 Å². The average Bonchev–Trinajstić information content (AvgIpc) is 2.12. The van der Waals surface area contributed by atoms with Gasteiger partial charge in [0.25, 0.3) is 0 Å². The molecule has 0 saturated heterocycles. The zero-order valence-electron chi connectivity index (χ0n) is 7.21. The molecule has 2 rings (SSSR count). The molecule has 13 heavy (non-hydrogen) atoms. The Morgan fingerprint density at radius 1 is 1.38 bits per heavy atom. The van der Waals surface area contributed by atoms with E-state index < -0.39 is 0 Å². The molecule has 0 spiro atoms. The smallest absolute Gasteiger partial charge is 0.0744 e. The van der Waals surface area contributed by atoms with Crippen LogP contribution in [0.5, 0.6) is 0 Å². The molecule has 0 aliphatic heterocycles. The quantitative estimate of drug-likeness (QED) is 0.765. The molecule has 0 aliphatic rings. The normalized spacial score (nSPS) is 10.6. The molecule has 1 heterocycles. The highest BCUT2D eigenvalue weighted by Crippen LogP contribution is 2.24. The summed E-state index contributed by atoms with van der Waals surface area (Å²) >= 11 is 3.46. The maximum Gasteiger partial charge on any atom is 0.0744 e. The van der Waals surface area contributed by atoms with Crippen molar-refractivity contribution in [2.24, 2.45) is 0 Å². The van der Waals surface area contributed by atoms with Gasteiger partial charge in [0, 0.05) is 9.86 Å². The second-order valence-corrected chi connectivity index (χ2v) is 3.87. The van der Waals surface area contributed by atoms with E-state index in [2.05, 4.69) is 20.9 Å². The molecule has 3 heteroatoms. The number of hydrogen-bond donors (Lipinski definition) is 1. The standard InChI is InChI=1S/C10H9BrN2/c1-6-9(11)3-2-7-4-8(12)5-13-10(6)7/h2-5H,12H2,1H3. The Kier molecular flexibility index (Phi) is 1.96. The van der Waals surface area contributed by atoms with Crippen LogP contribution in [0.1, 0.15) is 5.56 Å². The summed E-state index contributed by atoms with van der Waals surface area (Å²) < 4.78 is 1.08. The number of nitrogens with two attached hydrogens (primary N) is 1. The number of aromatic nitrogens is 1. The maximum absolute atomic E-state index is 5.64. The largest absolute Gasteiger partial charge is 0.397 e. The highest BCUT2D eigenvalue weighted by Gasteiger charge is 2.02. The van der Waals surface area contributed by atoms with Crippen LogP contribution in [0.2, 0.25) is 0 Å². The van der Waals surface area contributed by atoms with Gasteiger partial charge in [-0.2, -0.15) is 0 Å². The van der Waals surface area contributed by atoms with Crippen LogP contribution in [-0.4, -0.2) is 4.98 Å². The molecule has 1 aromatic heterocycles. The van der Waals surface area contributed by atoms with E-state index in [1.807, 2.05) is 25.1 Å². The molecule has 0 unspecified atom stereocenters. The SMILES string of the molecule is Cc1c(Br)ccc2cc(N)cnc12. The third-order valence-electron chi connectivity index (χ3n) is 2.06. The van der Waals surface area contributed by atoms with Gasteiger partial charge in [0.1, 0.15) is 0 Å². The third kappa shape index (κ3) is 1.40. The molecule has 0 amide bonds. The topological polar surface area (TPSA) is 38.9 Å². The van der Waals surface area contributed by atoms with Gasteiger partial charge in [0.05, 0.1) is 17.4 Å². The minimum absolute atomic E-state index is 0.703. The fourth-order valence-electron chi connectivity index (χ4n) is 1.34. The Morgan fingerprint density at radius 2 is 2.15 bits per heavy atom.